The van der Waals surface area contributed by atoms with Crippen LogP contribution in [0.15, 0.2) is 42.5 Å². The van der Waals surface area contributed by atoms with Crippen LogP contribution in [-0.4, -0.2) is 0 Å². The molecule has 0 saturated carbocycles. The van der Waals surface area contributed by atoms with Crippen LogP contribution >= 0.6 is 0 Å². The first kappa shape index (κ1) is 12.7. The van der Waals surface area contributed by atoms with Gasteiger partial charge in [0, 0.05) is 12.5 Å². The summed E-state index contributed by atoms with van der Waals surface area (Å²) in [5.74, 6) is -2.78. The van der Waals surface area contributed by atoms with Crippen LogP contribution in [0.5, 0.6) is 0 Å². The van der Waals surface area contributed by atoms with Crippen LogP contribution < -0.4 is 0 Å². The van der Waals surface area contributed by atoms with Gasteiger partial charge in [0.05, 0.1) is 0 Å². The molecular formula is C16H16F2. The Morgan fingerprint density at radius 3 is 2.00 bits per heavy atom. The van der Waals surface area contributed by atoms with Crippen molar-refractivity contribution in [1.29, 1.82) is 0 Å². The first-order valence-corrected chi connectivity index (χ1v) is 5.94. The van der Waals surface area contributed by atoms with Crippen LogP contribution in [0.3, 0.4) is 0 Å². The SMILES string of the molecule is Cc1ccccc1-c1ccc(C(C)(F)F)cc1C. The van der Waals surface area contributed by atoms with Gasteiger partial charge in [-0.1, -0.05) is 36.4 Å². The lowest BCUT2D eigenvalue weighted by Gasteiger charge is -2.14. The van der Waals surface area contributed by atoms with E-state index in [0.717, 1.165) is 29.2 Å². The summed E-state index contributed by atoms with van der Waals surface area (Å²) in [5, 5.41) is 0. The summed E-state index contributed by atoms with van der Waals surface area (Å²) in [5.41, 5.74) is 4.21. The lowest BCUT2D eigenvalue weighted by atomic mass is 9.94. The van der Waals surface area contributed by atoms with Crippen LogP contribution in [0.1, 0.15) is 23.6 Å². The van der Waals surface area contributed by atoms with Crippen LogP contribution in [0.2, 0.25) is 0 Å². The molecule has 0 fully saturated rings. The van der Waals surface area contributed by atoms with E-state index in [4.69, 9.17) is 0 Å². The molecule has 0 nitrogen and oxygen atoms in total. The van der Waals surface area contributed by atoms with Crippen molar-refractivity contribution in [3.8, 4) is 11.1 Å². The fraction of sp³-hybridized carbons (Fsp3) is 0.250. The second kappa shape index (κ2) is 4.52. The van der Waals surface area contributed by atoms with Gasteiger partial charge in [0.1, 0.15) is 0 Å². The van der Waals surface area contributed by atoms with Crippen molar-refractivity contribution in [2.45, 2.75) is 26.7 Å². The summed E-state index contributed by atoms with van der Waals surface area (Å²) in [4.78, 5) is 0. The Morgan fingerprint density at radius 1 is 0.833 bits per heavy atom. The highest BCUT2D eigenvalue weighted by Gasteiger charge is 2.24. The zero-order chi connectivity index (χ0) is 13.3. The molecule has 0 aromatic heterocycles. The minimum Gasteiger partial charge on any atom is -0.202 e. The average Bonchev–Trinajstić information content (AvgIpc) is 2.29. The van der Waals surface area contributed by atoms with Gasteiger partial charge in [0.2, 0.25) is 0 Å². The van der Waals surface area contributed by atoms with E-state index in [1.807, 2.05) is 38.1 Å². The molecule has 0 unspecified atom stereocenters. The topological polar surface area (TPSA) is 0 Å². The summed E-state index contributed by atoms with van der Waals surface area (Å²) < 4.78 is 26.5. The van der Waals surface area contributed by atoms with Crippen molar-refractivity contribution in [2.24, 2.45) is 0 Å². The zero-order valence-corrected chi connectivity index (χ0v) is 10.8. The van der Waals surface area contributed by atoms with Crippen molar-refractivity contribution in [3.05, 3.63) is 59.2 Å². The molecule has 0 bridgehead atoms. The van der Waals surface area contributed by atoms with Gasteiger partial charge in [0.15, 0.2) is 0 Å². The molecule has 2 aromatic carbocycles. The molecule has 0 aliphatic carbocycles. The van der Waals surface area contributed by atoms with Crippen molar-refractivity contribution in [3.63, 3.8) is 0 Å². The second-order valence-electron chi connectivity index (χ2n) is 4.73. The smallest absolute Gasteiger partial charge is 0.202 e. The summed E-state index contributed by atoms with van der Waals surface area (Å²) in [7, 11) is 0. The predicted octanol–water partition coefficient (Wildman–Crippen LogP) is 5.08. The quantitative estimate of drug-likeness (QED) is 0.693. The highest BCUT2D eigenvalue weighted by Crippen LogP contribution is 2.32. The molecule has 0 aliphatic heterocycles. The van der Waals surface area contributed by atoms with E-state index in [2.05, 4.69) is 0 Å². The summed E-state index contributed by atoms with van der Waals surface area (Å²) >= 11 is 0. The number of hydrogen-bond acceptors (Lipinski definition) is 0. The maximum atomic E-state index is 13.2. The second-order valence-corrected chi connectivity index (χ2v) is 4.73. The molecule has 0 N–H and O–H groups in total. The first-order valence-electron chi connectivity index (χ1n) is 5.94. The van der Waals surface area contributed by atoms with E-state index in [1.165, 1.54) is 6.07 Å². The maximum Gasteiger partial charge on any atom is 0.270 e. The largest absolute Gasteiger partial charge is 0.270 e. The number of alkyl halides is 2. The molecule has 0 heterocycles. The minimum absolute atomic E-state index is 0.0670. The monoisotopic (exact) mass is 246 g/mol. The Kier molecular flexibility index (Phi) is 3.20. The molecule has 2 heteroatoms. The van der Waals surface area contributed by atoms with Crippen LogP contribution in [0, 0.1) is 13.8 Å². The fourth-order valence-electron chi connectivity index (χ4n) is 2.11. The van der Waals surface area contributed by atoms with Crippen LogP contribution in [0.4, 0.5) is 8.78 Å². The van der Waals surface area contributed by atoms with Crippen LogP contribution in [-0.2, 0) is 5.92 Å². The number of rotatable bonds is 2. The van der Waals surface area contributed by atoms with Gasteiger partial charge >= 0.3 is 0 Å². The molecule has 94 valence electrons. The highest BCUT2D eigenvalue weighted by molar-refractivity contribution is 5.70. The van der Waals surface area contributed by atoms with Crippen LogP contribution in [0.25, 0.3) is 11.1 Å². The Hall–Kier alpha value is -1.70. The van der Waals surface area contributed by atoms with Gasteiger partial charge in [0.25, 0.3) is 5.92 Å². The summed E-state index contributed by atoms with van der Waals surface area (Å²) in [6.45, 7) is 4.82. The third-order valence-electron chi connectivity index (χ3n) is 3.17. The van der Waals surface area contributed by atoms with E-state index in [0.29, 0.717) is 0 Å². The normalized spacial score (nSPS) is 11.6. The predicted molar refractivity (Wildman–Crippen MR) is 70.9 cm³/mol. The molecule has 0 atom stereocenters. The molecule has 0 spiro atoms. The number of aryl methyl sites for hydroxylation is 2. The van der Waals surface area contributed by atoms with Crippen molar-refractivity contribution < 1.29 is 8.78 Å². The van der Waals surface area contributed by atoms with Gasteiger partial charge in [-0.3, -0.25) is 0 Å². The van der Waals surface area contributed by atoms with E-state index in [1.54, 1.807) is 12.1 Å². The van der Waals surface area contributed by atoms with E-state index in [-0.39, 0.29) is 5.56 Å². The highest BCUT2D eigenvalue weighted by atomic mass is 19.3. The minimum atomic E-state index is -2.78. The molecule has 2 rings (SSSR count). The Morgan fingerprint density at radius 2 is 1.44 bits per heavy atom. The van der Waals surface area contributed by atoms with E-state index < -0.39 is 5.92 Å². The Balaban J connectivity index is 2.52. The lowest BCUT2D eigenvalue weighted by Crippen LogP contribution is -2.07. The van der Waals surface area contributed by atoms with Gasteiger partial charge in [-0.15, -0.1) is 0 Å². The van der Waals surface area contributed by atoms with E-state index >= 15 is 0 Å². The van der Waals surface area contributed by atoms with Gasteiger partial charge in [-0.25, -0.2) is 8.78 Å². The molecule has 0 saturated heterocycles. The third kappa shape index (κ3) is 2.42. The number of benzene rings is 2. The van der Waals surface area contributed by atoms with Gasteiger partial charge in [-0.2, -0.15) is 0 Å². The molecule has 2 aromatic rings. The number of halogens is 2. The Bertz CT molecular complexity index is 566. The van der Waals surface area contributed by atoms with Gasteiger partial charge < -0.3 is 0 Å². The molecule has 0 amide bonds. The molecule has 0 aliphatic rings. The molecule has 18 heavy (non-hydrogen) atoms. The average molecular weight is 246 g/mol. The van der Waals surface area contributed by atoms with Gasteiger partial charge in [-0.05, 0) is 42.2 Å². The zero-order valence-electron chi connectivity index (χ0n) is 10.8. The Labute approximate surface area is 106 Å². The van der Waals surface area contributed by atoms with Crippen molar-refractivity contribution in [1.82, 2.24) is 0 Å². The lowest BCUT2D eigenvalue weighted by molar-refractivity contribution is 0.0174. The first-order chi connectivity index (χ1) is 8.39. The number of hydrogen-bond donors (Lipinski definition) is 0. The molecule has 0 radical (unpaired) electrons. The summed E-state index contributed by atoms with van der Waals surface area (Å²) in [6.07, 6.45) is 0. The third-order valence-corrected chi connectivity index (χ3v) is 3.17. The van der Waals surface area contributed by atoms with E-state index in [9.17, 15) is 8.78 Å². The standard InChI is InChI=1S/C16H16F2/c1-11-6-4-5-7-14(11)15-9-8-13(10-12(15)2)16(3,17)18/h4-10H,1-3H3. The molecular weight excluding hydrogens is 230 g/mol. The fourth-order valence-corrected chi connectivity index (χ4v) is 2.11. The van der Waals surface area contributed by atoms with Crippen molar-refractivity contribution >= 4 is 0 Å². The summed E-state index contributed by atoms with van der Waals surface area (Å²) in [6, 6.07) is 12.8. The van der Waals surface area contributed by atoms with Crippen molar-refractivity contribution in [2.75, 3.05) is 0 Å². The maximum absolute atomic E-state index is 13.2.